The molecule has 0 aliphatic heterocycles. The minimum Gasteiger partial charge on any atom is -0.496 e. The van der Waals surface area contributed by atoms with Crippen molar-refractivity contribution in [3.05, 3.63) is 29.8 Å². The predicted octanol–water partition coefficient (Wildman–Crippen LogP) is 1.32. The van der Waals surface area contributed by atoms with Crippen molar-refractivity contribution < 1.29 is 19.4 Å². The summed E-state index contributed by atoms with van der Waals surface area (Å²) in [5.41, 5.74) is 0.198. The zero-order chi connectivity index (χ0) is 14.0. The number of benzene rings is 1. The van der Waals surface area contributed by atoms with Crippen LogP contribution in [-0.4, -0.2) is 30.1 Å². The molecule has 5 heteroatoms. The number of carbonyl (C=O) groups excluding carboxylic acids is 1. The molecular weight excluding hydrogens is 246 g/mol. The number of hydrogen-bond acceptors (Lipinski definition) is 3. The fourth-order valence-electron chi connectivity index (χ4n) is 2.18. The number of amides is 1. The third kappa shape index (κ3) is 2.41. The molecule has 1 amide bonds. The van der Waals surface area contributed by atoms with Crippen LogP contribution in [0.15, 0.2) is 24.3 Å². The van der Waals surface area contributed by atoms with E-state index in [0.29, 0.717) is 18.6 Å². The molecule has 0 radical (unpaired) electrons. The lowest BCUT2D eigenvalue weighted by atomic mass is 9.93. The molecule has 1 fully saturated rings. The van der Waals surface area contributed by atoms with Crippen LogP contribution in [0.25, 0.3) is 0 Å². The summed E-state index contributed by atoms with van der Waals surface area (Å²) in [4.78, 5) is 23.1. The van der Waals surface area contributed by atoms with Gasteiger partial charge in [0.25, 0.3) is 0 Å². The maximum absolute atomic E-state index is 12.3. The van der Waals surface area contributed by atoms with Crippen LogP contribution in [0, 0.1) is 0 Å². The highest BCUT2D eigenvalue weighted by atomic mass is 16.5. The first kappa shape index (κ1) is 13.4. The SMILES string of the molecule is COc1ccccc1C1(C(=O)NC(C)C(=O)O)CC1. The van der Waals surface area contributed by atoms with Crippen molar-refractivity contribution in [2.75, 3.05) is 7.11 Å². The summed E-state index contributed by atoms with van der Waals surface area (Å²) >= 11 is 0. The second kappa shape index (κ2) is 4.91. The van der Waals surface area contributed by atoms with E-state index in [1.54, 1.807) is 7.11 Å². The number of rotatable bonds is 5. The Hall–Kier alpha value is -2.04. The van der Waals surface area contributed by atoms with Crippen molar-refractivity contribution in [3.63, 3.8) is 0 Å². The van der Waals surface area contributed by atoms with Gasteiger partial charge in [-0.3, -0.25) is 9.59 Å². The van der Waals surface area contributed by atoms with E-state index in [-0.39, 0.29) is 5.91 Å². The number of methoxy groups -OCH3 is 1. The van der Waals surface area contributed by atoms with Crippen LogP contribution >= 0.6 is 0 Å². The number of carboxylic acids is 1. The first-order chi connectivity index (χ1) is 9.01. The lowest BCUT2D eigenvalue weighted by molar-refractivity contribution is -0.141. The number of para-hydroxylation sites is 1. The second-order valence-electron chi connectivity index (χ2n) is 4.82. The van der Waals surface area contributed by atoms with Gasteiger partial charge in [0.05, 0.1) is 12.5 Å². The van der Waals surface area contributed by atoms with E-state index >= 15 is 0 Å². The number of ether oxygens (including phenoxy) is 1. The highest BCUT2D eigenvalue weighted by Gasteiger charge is 2.53. The molecule has 2 rings (SSSR count). The Labute approximate surface area is 111 Å². The van der Waals surface area contributed by atoms with Crippen molar-refractivity contribution in [2.45, 2.75) is 31.2 Å². The Morgan fingerprint density at radius 3 is 2.53 bits per heavy atom. The minimum absolute atomic E-state index is 0.244. The van der Waals surface area contributed by atoms with E-state index in [9.17, 15) is 9.59 Å². The van der Waals surface area contributed by atoms with Crippen LogP contribution < -0.4 is 10.1 Å². The van der Waals surface area contributed by atoms with Gasteiger partial charge in [0.2, 0.25) is 5.91 Å². The van der Waals surface area contributed by atoms with E-state index < -0.39 is 17.4 Å². The van der Waals surface area contributed by atoms with Crippen LogP contribution in [0.4, 0.5) is 0 Å². The molecule has 0 aromatic heterocycles. The summed E-state index contributed by atoms with van der Waals surface area (Å²) in [6.07, 6.45) is 1.43. The van der Waals surface area contributed by atoms with Crippen molar-refractivity contribution in [1.29, 1.82) is 0 Å². The molecule has 0 bridgehead atoms. The molecule has 0 saturated heterocycles. The minimum atomic E-state index is -1.04. The molecule has 1 aromatic rings. The molecule has 1 aliphatic rings. The normalized spacial score (nSPS) is 17.4. The van der Waals surface area contributed by atoms with Gasteiger partial charge in [-0.25, -0.2) is 0 Å². The number of aliphatic carboxylic acids is 1. The number of nitrogens with one attached hydrogen (secondary N) is 1. The van der Waals surface area contributed by atoms with Crippen molar-refractivity contribution >= 4 is 11.9 Å². The highest BCUT2D eigenvalue weighted by Crippen LogP contribution is 2.51. The molecule has 1 aliphatic carbocycles. The largest absolute Gasteiger partial charge is 0.496 e. The van der Waals surface area contributed by atoms with Gasteiger partial charge in [0, 0.05) is 5.56 Å². The summed E-state index contributed by atoms with van der Waals surface area (Å²) in [5, 5.41) is 11.4. The maximum atomic E-state index is 12.3. The fraction of sp³-hybridized carbons (Fsp3) is 0.429. The lowest BCUT2D eigenvalue weighted by Crippen LogP contribution is -2.44. The average Bonchev–Trinajstić information content (AvgIpc) is 3.19. The lowest BCUT2D eigenvalue weighted by Gasteiger charge is -2.20. The monoisotopic (exact) mass is 263 g/mol. The van der Waals surface area contributed by atoms with Crippen LogP contribution in [0.2, 0.25) is 0 Å². The Morgan fingerprint density at radius 1 is 1.37 bits per heavy atom. The van der Waals surface area contributed by atoms with Gasteiger partial charge in [-0.2, -0.15) is 0 Å². The van der Waals surface area contributed by atoms with Gasteiger partial charge in [0.1, 0.15) is 11.8 Å². The van der Waals surface area contributed by atoms with E-state index in [0.717, 1.165) is 5.56 Å². The third-order valence-corrected chi connectivity index (χ3v) is 3.53. The maximum Gasteiger partial charge on any atom is 0.325 e. The van der Waals surface area contributed by atoms with Gasteiger partial charge in [-0.05, 0) is 25.8 Å². The molecule has 5 nitrogen and oxygen atoms in total. The van der Waals surface area contributed by atoms with Gasteiger partial charge in [-0.15, -0.1) is 0 Å². The Bertz CT molecular complexity index is 508. The second-order valence-corrected chi connectivity index (χ2v) is 4.82. The van der Waals surface area contributed by atoms with E-state index in [1.165, 1.54) is 6.92 Å². The van der Waals surface area contributed by atoms with Crippen LogP contribution in [0.3, 0.4) is 0 Å². The number of carboxylic acid groups (broad SMARTS) is 1. The zero-order valence-corrected chi connectivity index (χ0v) is 11.0. The molecule has 1 atom stereocenters. The molecular formula is C14H17NO4. The Morgan fingerprint density at radius 2 is 2.00 bits per heavy atom. The fourth-order valence-corrected chi connectivity index (χ4v) is 2.18. The topological polar surface area (TPSA) is 75.6 Å². The van der Waals surface area contributed by atoms with E-state index in [2.05, 4.69) is 5.32 Å². The summed E-state index contributed by atoms with van der Waals surface area (Å²) < 4.78 is 5.28. The number of carbonyl (C=O) groups is 2. The van der Waals surface area contributed by atoms with Crippen molar-refractivity contribution in [2.24, 2.45) is 0 Å². The molecule has 0 heterocycles. The van der Waals surface area contributed by atoms with Gasteiger partial charge >= 0.3 is 5.97 Å². The van der Waals surface area contributed by atoms with Crippen molar-refractivity contribution in [3.8, 4) is 5.75 Å². The summed E-state index contributed by atoms with van der Waals surface area (Å²) in [5.74, 6) is -0.616. The van der Waals surface area contributed by atoms with Crippen LogP contribution in [0.5, 0.6) is 5.75 Å². The van der Waals surface area contributed by atoms with E-state index in [4.69, 9.17) is 9.84 Å². The molecule has 1 saturated carbocycles. The van der Waals surface area contributed by atoms with Crippen LogP contribution in [-0.2, 0) is 15.0 Å². The predicted molar refractivity (Wildman–Crippen MR) is 69.1 cm³/mol. The molecule has 1 aromatic carbocycles. The Kier molecular flexibility index (Phi) is 3.46. The molecule has 0 spiro atoms. The third-order valence-electron chi connectivity index (χ3n) is 3.53. The Balaban J connectivity index is 2.23. The average molecular weight is 263 g/mol. The highest BCUT2D eigenvalue weighted by molar-refractivity contribution is 5.94. The number of hydrogen-bond donors (Lipinski definition) is 2. The zero-order valence-electron chi connectivity index (χ0n) is 11.0. The quantitative estimate of drug-likeness (QED) is 0.840. The summed E-state index contributed by atoms with van der Waals surface area (Å²) in [6, 6.07) is 6.47. The van der Waals surface area contributed by atoms with Gasteiger partial charge in [-0.1, -0.05) is 18.2 Å². The van der Waals surface area contributed by atoms with Crippen LogP contribution in [0.1, 0.15) is 25.3 Å². The first-order valence-electron chi connectivity index (χ1n) is 6.18. The smallest absolute Gasteiger partial charge is 0.325 e. The first-order valence-corrected chi connectivity index (χ1v) is 6.18. The molecule has 2 N–H and O–H groups in total. The van der Waals surface area contributed by atoms with E-state index in [1.807, 2.05) is 24.3 Å². The van der Waals surface area contributed by atoms with Gasteiger partial charge < -0.3 is 15.2 Å². The summed E-state index contributed by atoms with van der Waals surface area (Å²) in [6.45, 7) is 1.46. The molecule has 19 heavy (non-hydrogen) atoms. The molecule has 102 valence electrons. The summed E-state index contributed by atoms with van der Waals surface area (Å²) in [7, 11) is 1.56. The standard InChI is InChI=1S/C14H17NO4/c1-9(12(16)17)15-13(18)14(7-8-14)10-5-3-4-6-11(10)19-2/h3-6,9H,7-8H2,1-2H3,(H,15,18)(H,16,17). The molecule has 1 unspecified atom stereocenters. The van der Waals surface area contributed by atoms with Crippen molar-refractivity contribution in [1.82, 2.24) is 5.32 Å². The van der Waals surface area contributed by atoms with Gasteiger partial charge in [0.15, 0.2) is 0 Å².